The molecule has 0 aliphatic carbocycles. The van der Waals surface area contributed by atoms with Crippen molar-refractivity contribution in [3.8, 4) is 12.1 Å². The molecule has 1 aliphatic rings. The lowest BCUT2D eigenvalue weighted by Crippen LogP contribution is -2.37. The van der Waals surface area contributed by atoms with Gasteiger partial charge in [-0.2, -0.15) is 10.5 Å². The van der Waals surface area contributed by atoms with Gasteiger partial charge in [-0.05, 0) is 31.2 Å². The minimum absolute atomic E-state index is 0.211. The highest BCUT2D eigenvalue weighted by molar-refractivity contribution is 5.51. The lowest BCUT2D eigenvalue weighted by molar-refractivity contribution is 0.552. The van der Waals surface area contributed by atoms with Crippen molar-refractivity contribution in [3.63, 3.8) is 0 Å². The van der Waals surface area contributed by atoms with Gasteiger partial charge in [0.05, 0.1) is 24.1 Å². The zero-order chi connectivity index (χ0) is 12.8. The molecule has 92 valence electrons. The average molecular weight is 240 g/mol. The first kappa shape index (κ1) is 12.4. The second kappa shape index (κ2) is 6.05. The number of nitrogens with zero attached hydrogens (tertiary/aromatic N) is 3. The van der Waals surface area contributed by atoms with Crippen LogP contribution in [0.2, 0.25) is 0 Å². The van der Waals surface area contributed by atoms with E-state index in [1.54, 1.807) is 0 Å². The molecule has 1 aromatic rings. The highest BCUT2D eigenvalue weighted by atomic mass is 15.2. The van der Waals surface area contributed by atoms with Crippen LogP contribution in [0.3, 0.4) is 0 Å². The van der Waals surface area contributed by atoms with E-state index in [4.69, 9.17) is 10.5 Å². The van der Waals surface area contributed by atoms with Gasteiger partial charge in [-0.25, -0.2) is 0 Å². The molecule has 4 heteroatoms. The molecule has 0 aromatic heterocycles. The molecule has 1 N–H and O–H groups in total. The number of anilines is 1. The molecule has 1 fully saturated rings. The lowest BCUT2D eigenvalue weighted by atomic mass is 10.1. The van der Waals surface area contributed by atoms with Crippen molar-refractivity contribution >= 4 is 5.69 Å². The van der Waals surface area contributed by atoms with E-state index in [9.17, 15) is 0 Å². The molecule has 1 aromatic carbocycles. The van der Waals surface area contributed by atoms with Gasteiger partial charge < -0.3 is 10.2 Å². The minimum atomic E-state index is 0.211. The molecule has 0 radical (unpaired) electrons. The molecule has 1 aliphatic heterocycles. The quantitative estimate of drug-likeness (QED) is 0.853. The van der Waals surface area contributed by atoms with E-state index < -0.39 is 0 Å². The summed E-state index contributed by atoms with van der Waals surface area (Å²) in [6.07, 6.45) is 1.58. The average Bonchev–Trinajstić information content (AvgIpc) is 2.65. The number of nitrogens with one attached hydrogen (secondary N) is 1. The smallest absolute Gasteiger partial charge is 0.0992 e. The summed E-state index contributed by atoms with van der Waals surface area (Å²) >= 11 is 0. The van der Waals surface area contributed by atoms with Gasteiger partial charge in [0.15, 0.2) is 0 Å². The van der Waals surface area contributed by atoms with E-state index in [2.05, 4.69) is 22.4 Å². The molecule has 0 bridgehead atoms. The Hall–Kier alpha value is -2.04. The van der Waals surface area contributed by atoms with Crippen molar-refractivity contribution in [1.82, 2.24) is 5.32 Å². The Balaban J connectivity index is 2.15. The van der Waals surface area contributed by atoms with Crippen LogP contribution in [0.5, 0.6) is 0 Å². The van der Waals surface area contributed by atoms with Crippen LogP contribution in [0.1, 0.15) is 18.4 Å². The van der Waals surface area contributed by atoms with Crippen LogP contribution >= 0.6 is 0 Å². The third-order valence-corrected chi connectivity index (χ3v) is 3.16. The van der Waals surface area contributed by atoms with Crippen LogP contribution in [-0.2, 0) is 0 Å². The van der Waals surface area contributed by atoms with Crippen molar-refractivity contribution in [2.45, 2.75) is 18.9 Å². The maximum Gasteiger partial charge on any atom is 0.0992 e. The van der Waals surface area contributed by atoms with Crippen molar-refractivity contribution in [2.24, 2.45) is 0 Å². The minimum Gasteiger partial charge on any atom is -0.370 e. The molecule has 1 heterocycles. The molecule has 1 atom stereocenters. The van der Waals surface area contributed by atoms with Crippen molar-refractivity contribution in [1.29, 1.82) is 10.5 Å². The van der Waals surface area contributed by atoms with Crippen LogP contribution in [0.25, 0.3) is 0 Å². The van der Waals surface area contributed by atoms with Crippen molar-refractivity contribution < 1.29 is 0 Å². The monoisotopic (exact) mass is 240 g/mol. The Morgan fingerprint density at radius 2 is 2.28 bits per heavy atom. The third kappa shape index (κ3) is 3.00. The van der Waals surface area contributed by atoms with Crippen LogP contribution in [0.4, 0.5) is 5.69 Å². The summed E-state index contributed by atoms with van der Waals surface area (Å²) in [5.74, 6) is 0. The van der Waals surface area contributed by atoms with Gasteiger partial charge in [0.1, 0.15) is 0 Å². The van der Waals surface area contributed by atoms with E-state index in [-0.39, 0.29) is 6.04 Å². The predicted octanol–water partition coefficient (Wildman–Crippen LogP) is 1.64. The summed E-state index contributed by atoms with van der Waals surface area (Å²) < 4.78 is 0. The fourth-order valence-electron chi connectivity index (χ4n) is 2.25. The largest absolute Gasteiger partial charge is 0.370 e. The standard InChI is InChI=1S/C14H16N4/c15-6-5-13-11-18(8-2-7-17-13)14-4-1-3-12(9-14)10-16/h1,3-4,9,13,17H,2,5,7-8,11H2. The summed E-state index contributed by atoms with van der Waals surface area (Å²) in [7, 11) is 0. The fourth-order valence-corrected chi connectivity index (χ4v) is 2.25. The maximum atomic E-state index is 8.93. The molecule has 0 amide bonds. The van der Waals surface area contributed by atoms with Gasteiger partial charge in [0.25, 0.3) is 0 Å². The number of hydrogen-bond donors (Lipinski definition) is 1. The van der Waals surface area contributed by atoms with Gasteiger partial charge in [-0.15, -0.1) is 0 Å². The SMILES string of the molecule is N#CCC1CN(c2cccc(C#N)c2)CCCN1. The fraction of sp³-hybridized carbons (Fsp3) is 0.429. The van der Waals surface area contributed by atoms with E-state index >= 15 is 0 Å². The maximum absolute atomic E-state index is 8.93. The summed E-state index contributed by atoms with van der Waals surface area (Å²) in [6.45, 7) is 2.73. The summed E-state index contributed by atoms with van der Waals surface area (Å²) in [5, 5.41) is 21.1. The van der Waals surface area contributed by atoms with E-state index in [0.29, 0.717) is 12.0 Å². The van der Waals surface area contributed by atoms with Gasteiger partial charge in [0.2, 0.25) is 0 Å². The number of hydrogen-bond acceptors (Lipinski definition) is 4. The molecule has 0 saturated carbocycles. The number of nitriles is 2. The summed E-state index contributed by atoms with van der Waals surface area (Å²) in [5.41, 5.74) is 1.75. The van der Waals surface area contributed by atoms with E-state index in [0.717, 1.165) is 31.7 Å². The zero-order valence-corrected chi connectivity index (χ0v) is 10.3. The van der Waals surface area contributed by atoms with Crippen molar-refractivity contribution in [3.05, 3.63) is 29.8 Å². The lowest BCUT2D eigenvalue weighted by Gasteiger charge is -2.25. The normalized spacial score (nSPS) is 19.7. The number of benzene rings is 1. The molecule has 0 spiro atoms. The Morgan fingerprint density at radius 1 is 1.39 bits per heavy atom. The van der Waals surface area contributed by atoms with Crippen molar-refractivity contribution in [2.75, 3.05) is 24.5 Å². The van der Waals surface area contributed by atoms with Gasteiger partial charge >= 0.3 is 0 Å². The molecule has 2 rings (SSSR count). The van der Waals surface area contributed by atoms with Gasteiger partial charge in [-0.1, -0.05) is 6.07 Å². The van der Waals surface area contributed by atoms with Crippen LogP contribution in [-0.4, -0.2) is 25.7 Å². The highest BCUT2D eigenvalue weighted by Gasteiger charge is 2.17. The Labute approximate surface area is 107 Å². The second-order valence-corrected chi connectivity index (χ2v) is 4.47. The second-order valence-electron chi connectivity index (χ2n) is 4.47. The third-order valence-electron chi connectivity index (χ3n) is 3.16. The topological polar surface area (TPSA) is 62.9 Å². The summed E-state index contributed by atoms with van der Waals surface area (Å²) in [6, 6.07) is 12.2. The van der Waals surface area contributed by atoms with Crippen LogP contribution in [0.15, 0.2) is 24.3 Å². The molecule has 18 heavy (non-hydrogen) atoms. The molecular weight excluding hydrogens is 224 g/mol. The number of rotatable bonds is 2. The molecule has 4 nitrogen and oxygen atoms in total. The van der Waals surface area contributed by atoms with Crippen LogP contribution < -0.4 is 10.2 Å². The first-order chi connectivity index (χ1) is 8.83. The molecular formula is C14H16N4. The van der Waals surface area contributed by atoms with E-state index in [1.807, 2.05) is 24.3 Å². The first-order valence-electron chi connectivity index (χ1n) is 6.19. The molecule has 1 saturated heterocycles. The van der Waals surface area contributed by atoms with Crippen LogP contribution in [0, 0.1) is 22.7 Å². The molecule has 1 unspecified atom stereocenters. The van der Waals surface area contributed by atoms with E-state index in [1.165, 1.54) is 0 Å². The Morgan fingerprint density at radius 3 is 3.06 bits per heavy atom. The van der Waals surface area contributed by atoms with Gasteiger partial charge in [-0.3, -0.25) is 0 Å². The predicted molar refractivity (Wildman–Crippen MR) is 70.0 cm³/mol. The first-order valence-corrected chi connectivity index (χ1v) is 6.19. The Kier molecular flexibility index (Phi) is 4.17. The highest BCUT2D eigenvalue weighted by Crippen LogP contribution is 2.18. The summed E-state index contributed by atoms with van der Waals surface area (Å²) in [4.78, 5) is 2.25. The van der Waals surface area contributed by atoms with Gasteiger partial charge in [0, 0.05) is 24.8 Å². The zero-order valence-electron chi connectivity index (χ0n) is 10.3. The Bertz CT molecular complexity index is 483.